The van der Waals surface area contributed by atoms with E-state index in [2.05, 4.69) is 4.18 Å². The summed E-state index contributed by atoms with van der Waals surface area (Å²) in [6, 6.07) is 5.03. The second-order valence-corrected chi connectivity index (χ2v) is 5.37. The molecule has 0 amide bonds. The number of benzene rings is 1. The van der Waals surface area contributed by atoms with E-state index in [1.807, 2.05) is 0 Å². The number of carbonyl (C=O) groups is 1. The van der Waals surface area contributed by atoms with Crippen molar-refractivity contribution in [2.45, 2.75) is 25.3 Å². The van der Waals surface area contributed by atoms with Crippen LogP contribution in [0, 0.1) is 0 Å². The summed E-state index contributed by atoms with van der Waals surface area (Å²) in [7, 11) is -5.64. The zero-order valence-electron chi connectivity index (χ0n) is 9.90. The van der Waals surface area contributed by atoms with Crippen LogP contribution in [-0.2, 0) is 21.3 Å². The fourth-order valence-electron chi connectivity index (χ4n) is 1.21. The summed E-state index contributed by atoms with van der Waals surface area (Å²) in [5.41, 5.74) is -4.76. The zero-order valence-corrected chi connectivity index (χ0v) is 10.7. The van der Waals surface area contributed by atoms with Gasteiger partial charge in [-0.2, -0.15) is 21.6 Å². The quantitative estimate of drug-likeness (QED) is 0.618. The van der Waals surface area contributed by atoms with Crippen LogP contribution in [0.2, 0.25) is 0 Å². The fourth-order valence-corrected chi connectivity index (χ4v) is 1.66. The van der Waals surface area contributed by atoms with Gasteiger partial charge in [0.15, 0.2) is 0 Å². The summed E-state index contributed by atoms with van der Waals surface area (Å²) < 4.78 is 61.6. The molecule has 1 aromatic rings. The van der Waals surface area contributed by atoms with E-state index in [4.69, 9.17) is 0 Å². The van der Waals surface area contributed by atoms with E-state index in [0.29, 0.717) is 18.4 Å². The molecule has 1 aromatic carbocycles. The molecule has 0 unspecified atom stereocenters. The molecule has 0 radical (unpaired) electrons. The Morgan fingerprint density at radius 1 is 1.21 bits per heavy atom. The lowest BCUT2D eigenvalue weighted by Gasteiger charge is -2.09. The second kappa shape index (κ2) is 5.60. The molecular formula is C11H11F3O4S. The minimum Gasteiger partial charge on any atom is -0.376 e. The van der Waals surface area contributed by atoms with E-state index in [1.54, 1.807) is 0 Å². The van der Waals surface area contributed by atoms with Crippen LogP contribution in [0.15, 0.2) is 24.3 Å². The number of hydrogen-bond donors (Lipinski definition) is 0. The van der Waals surface area contributed by atoms with Crippen molar-refractivity contribution >= 4 is 15.9 Å². The molecule has 4 nitrogen and oxygen atoms in total. The van der Waals surface area contributed by atoms with E-state index >= 15 is 0 Å². The largest absolute Gasteiger partial charge is 0.534 e. The van der Waals surface area contributed by atoms with Crippen molar-refractivity contribution < 1.29 is 30.6 Å². The maximum atomic E-state index is 12.1. The molecule has 0 aliphatic heterocycles. The standard InChI is InChI=1S/C11H11F3O4S/c1-8(15)2-3-9-4-6-10(7-5-9)18-19(16,17)11(12,13)14/h4-7H,2-3H2,1H3. The molecule has 0 saturated carbocycles. The van der Waals surface area contributed by atoms with Crippen LogP contribution in [-0.4, -0.2) is 19.7 Å². The highest BCUT2D eigenvalue weighted by Crippen LogP contribution is 2.27. The summed E-state index contributed by atoms with van der Waals surface area (Å²) in [6.07, 6.45) is 0.739. The van der Waals surface area contributed by atoms with Crippen molar-refractivity contribution in [3.05, 3.63) is 29.8 Å². The number of rotatable bonds is 5. The predicted molar refractivity (Wildman–Crippen MR) is 61.0 cm³/mol. The van der Waals surface area contributed by atoms with Gasteiger partial charge in [-0.25, -0.2) is 0 Å². The summed E-state index contributed by atoms with van der Waals surface area (Å²) in [5, 5.41) is 0. The number of carbonyl (C=O) groups excluding carboxylic acids is 1. The van der Waals surface area contributed by atoms with Crippen LogP contribution in [0.4, 0.5) is 13.2 Å². The van der Waals surface area contributed by atoms with Crippen molar-refractivity contribution in [1.29, 1.82) is 0 Å². The van der Waals surface area contributed by atoms with Crippen molar-refractivity contribution in [2.75, 3.05) is 0 Å². The van der Waals surface area contributed by atoms with Crippen LogP contribution in [0.3, 0.4) is 0 Å². The molecule has 0 saturated heterocycles. The van der Waals surface area contributed by atoms with E-state index in [0.717, 1.165) is 12.1 Å². The van der Waals surface area contributed by atoms with Gasteiger partial charge in [0.2, 0.25) is 0 Å². The molecule has 8 heteroatoms. The summed E-state index contributed by atoms with van der Waals surface area (Å²) >= 11 is 0. The van der Waals surface area contributed by atoms with Gasteiger partial charge in [0.1, 0.15) is 11.5 Å². The van der Waals surface area contributed by atoms with Crippen LogP contribution in [0.25, 0.3) is 0 Å². The van der Waals surface area contributed by atoms with Gasteiger partial charge >= 0.3 is 15.6 Å². The normalized spacial score (nSPS) is 12.2. The average molecular weight is 296 g/mol. The first kappa shape index (κ1) is 15.5. The highest BCUT2D eigenvalue weighted by atomic mass is 32.2. The number of Topliss-reactive ketones (excluding diaryl/α,β-unsaturated/α-hetero) is 1. The van der Waals surface area contributed by atoms with Gasteiger partial charge in [0.05, 0.1) is 0 Å². The molecule has 0 aromatic heterocycles. The van der Waals surface area contributed by atoms with Crippen LogP contribution >= 0.6 is 0 Å². The van der Waals surface area contributed by atoms with Gasteiger partial charge < -0.3 is 8.98 Å². The zero-order chi connectivity index (χ0) is 14.7. The molecule has 0 heterocycles. The first-order valence-electron chi connectivity index (χ1n) is 5.21. The van der Waals surface area contributed by atoms with Crippen LogP contribution in [0.1, 0.15) is 18.9 Å². The van der Waals surface area contributed by atoms with Gasteiger partial charge in [-0.1, -0.05) is 12.1 Å². The minimum absolute atomic E-state index is 0.0139. The summed E-state index contributed by atoms with van der Waals surface area (Å²) in [6.45, 7) is 1.42. The number of ketones is 1. The SMILES string of the molecule is CC(=O)CCc1ccc(OS(=O)(=O)C(F)(F)F)cc1. The Kier molecular flexibility index (Phi) is 4.56. The molecule has 0 aliphatic rings. The minimum atomic E-state index is -5.64. The van der Waals surface area contributed by atoms with Gasteiger partial charge in [-0.05, 0) is 31.0 Å². The Morgan fingerprint density at radius 3 is 2.16 bits per heavy atom. The Balaban J connectivity index is 2.75. The Bertz CT molecular complexity index is 546. The molecule has 106 valence electrons. The molecule has 0 bridgehead atoms. The first-order valence-corrected chi connectivity index (χ1v) is 6.62. The molecule has 1 rings (SSSR count). The lowest BCUT2D eigenvalue weighted by molar-refractivity contribution is -0.116. The van der Waals surface area contributed by atoms with Crippen LogP contribution < -0.4 is 4.18 Å². The van der Waals surface area contributed by atoms with Gasteiger partial charge in [0.25, 0.3) is 0 Å². The fraction of sp³-hybridized carbons (Fsp3) is 0.364. The number of hydrogen-bond acceptors (Lipinski definition) is 4. The number of aryl methyl sites for hydroxylation is 1. The van der Waals surface area contributed by atoms with Crippen molar-refractivity contribution in [3.8, 4) is 5.75 Å². The third kappa shape index (κ3) is 4.55. The maximum absolute atomic E-state index is 12.1. The predicted octanol–water partition coefficient (Wildman–Crippen LogP) is 2.44. The Labute approximate surface area is 108 Å². The van der Waals surface area contributed by atoms with Crippen molar-refractivity contribution in [2.24, 2.45) is 0 Å². The van der Waals surface area contributed by atoms with E-state index in [1.165, 1.54) is 19.1 Å². The summed E-state index contributed by atoms with van der Waals surface area (Å²) in [4.78, 5) is 10.8. The lowest BCUT2D eigenvalue weighted by Crippen LogP contribution is -2.28. The third-order valence-corrected chi connectivity index (χ3v) is 3.16. The lowest BCUT2D eigenvalue weighted by atomic mass is 10.1. The van der Waals surface area contributed by atoms with Gasteiger partial charge in [-0.15, -0.1) is 0 Å². The van der Waals surface area contributed by atoms with Gasteiger partial charge in [-0.3, -0.25) is 0 Å². The Hall–Kier alpha value is -1.57. The van der Waals surface area contributed by atoms with E-state index in [9.17, 15) is 26.4 Å². The highest BCUT2D eigenvalue weighted by molar-refractivity contribution is 7.87. The molecule has 0 atom stereocenters. The van der Waals surface area contributed by atoms with Crippen molar-refractivity contribution in [1.82, 2.24) is 0 Å². The number of halogens is 3. The maximum Gasteiger partial charge on any atom is 0.534 e. The number of alkyl halides is 3. The van der Waals surface area contributed by atoms with Crippen LogP contribution in [0.5, 0.6) is 5.75 Å². The van der Waals surface area contributed by atoms with E-state index in [-0.39, 0.29) is 5.78 Å². The summed E-state index contributed by atoms with van der Waals surface area (Å²) in [5.74, 6) is -0.441. The molecule has 0 spiro atoms. The van der Waals surface area contributed by atoms with Gasteiger partial charge in [0, 0.05) is 6.42 Å². The highest BCUT2D eigenvalue weighted by Gasteiger charge is 2.48. The third-order valence-electron chi connectivity index (χ3n) is 2.18. The topological polar surface area (TPSA) is 60.4 Å². The average Bonchev–Trinajstić information content (AvgIpc) is 2.26. The van der Waals surface area contributed by atoms with Crippen molar-refractivity contribution in [3.63, 3.8) is 0 Å². The van der Waals surface area contributed by atoms with E-state index < -0.39 is 21.4 Å². The molecular weight excluding hydrogens is 285 g/mol. The molecule has 0 aliphatic carbocycles. The second-order valence-electron chi connectivity index (χ2n) is 3.83. The molecule has 19 heavy (non-hydrogen) atoms. The monoisotopic (exact) mass is 296 g/mol. The first-order chi connectivity index (χ1) is 8.62. The molecule has 0 N–H and O–H groups in total. The molecule has 0 fully saturated rings. The Morgan fingerprint density at radius 2 is 1.74 bits per heavy atom. The smallest absolute Gasteiger partial charge is 0.376 e.